The van der Waals surface area contributed by atoms with Crippen molar-refractivity contribution in [1.29, 1.82) is 0 Å². The summed E-state index contributed by atoms with van der Waals surface area (Å²) in [5.74, 6) is 0.776. The van der Waals surface area contributed by atoms with Crippen LogP contribution in [0.15, 0.2) is 42.7 Å². The summed E-state index contributed by atoms with van der Waals surface area (Å²) in [6.45, 7) is 0.446. The van der Waals surface area contributed by atoms with E-state index >= 15 is 0 Å². The first-order valence-electron chi connectivity index (χ1n) is 6.82. The van der Waals surface area contributed by atoms with Crippen LogP contribution in [0.2, 0.25) is 0 Å². The summed E-state index contributed by atoms with van der Waals surface area (Å²) < 4.78 is 1.79. The number of para-hydroxylation sites is 1. The van der Waals surface area contributed by atoms with Gasteiger partial charge in [-0.25, -0.2) is 4.68 Å². The molecule has 1 aromatic heterocycles. The average molecular weight is 341 g/mol. The van der Waals surface area contributed by atoms with Gasteiger partial charge in [0, 0.05) is 18.9 Å². The molecule has 0 saturated carbocycles. The number of nitrogens with two attached hydrogens (primary N) is 1. The Morgan fingerprint density at radius 2 is 2.18 bits per heavy atom. The number of nitrogens with zero attached hydrogens (tertiary/aromatic N) is 2. The topological polar surface area (TPSA) is 72.9 Å². The number of benzene rings is 1. The van der Waals surface area contributed by atoms with Crippen LogP contribution in [0.1, 0.15) is 12.0 Å². The molecule has 0 unspecified atom stereocenters. The zero-order valence-corrected chi connectivity index (χ0v) is 14.1. The Bertz CT molecular complexity index is 577. The van der Waals surface area contributed by atoms with Crippen LogP contribution in [-0.2, 0) is 11.3 Å². The largest absolute Gasteiger partial charge is 0.351 e. The first kappa shape index (κ1) is 18.5. The molecule has 7 heteroatoms. The van der Waals surface area contributed by atoms with Gasteiger partial charge in [0.25, 0.3) is 0 Å². The van der Waals surface area contributed by atoms with Gasteiger partial charge in [0.05, 0.1) is 11.7 Å². The normalized spacial score (nSPS) is 11.5. The van der Waals surface area contributed by atoms with Crippen LogP contribution in [-0.4, -0.2) is 33.7 Å². The number of rotatable bonds is 7. The molecule has 0 aliphatic heterocycles. The Morgan fingerprint density at radius 3 is 2.86 bits per heavy atom. The van der Waals surface area contributed by atoms with E-state index in [4.69, 9.17) is 5.73 Å². The number of hydrogen-bond donors (Lipinski definition) is 2. The van der Waals surface area contributed by atoms with Gasteiger partial charge in [0.1, 0.15) is 0 Å². The molecule has 0 aliphatic rings. The van der Waals surface area contributed by atoms with E-state index in [2.05, 4.69) is 10.4 Å². The molecule has 120 valence electrons. The monoisotopic (exact) mass is 340 g/mol. The van der Waals surface area contributed by atoms with Crippen LogP contribution in [0.3, 0.4) is 0 Å². The minimum absolute atomic E-state index is 0. The van der Waals surface area contributed by atoms with Crippen molar-refractivity contribution in [2.24, 2.45) is 5.73 Å². The maximum atomic E-state index is 12.0. The van der Waals surface area contributed by atoms with Gasteiger partial charge in [-0.1, -0.05) is 18.2 Å². The number of nitrogens with one attached hydrogen (secondary N) is 1. The molecule has 0 radical (unpaired) electrons. The first-order valence-corrected chi connectivity index (χ1v) is 8.22. The molecule has 1 aromatic carbocycles. The van der Waals surface area contributed by atoms with Crippen molar-refractivity contribution >= 4 is 30.1 Å². The molecule has 0 saturated heterocycles. The number of hydrogen-bond acceptors (Lipinski definition) is 4. The van der Waals surface area contributed by atoms with E-state index in [0.717, 1.165) is 17.0 Å². The molecular formula is C15H21ClN4OS. The van der Waals surface area contributed by atoms with Crippen LogP contribution in [0.4, 0.5) is 0 Å². The summed E-state index contributed by atoms with van der Waals surface area (Å²) in [5.41, 5.74) is 7.82. The van der Waals surface area contributed by atoms with E-state index in [1.54, 1.807) is 22.6 Å². The molecule has 0 aliphatic carbocycles. The molecule has 0 spiro atoms. The molecule has 1 atom stereocenters. The standard InChI is InChI=1S/C15H20N4OS.ClH/c1-21-10-7-13(16)15(20)17-11-12-5-2-3-6-14(12)19-9-4-8-18-19;/h2-6,8-9,13H,7,10-11,16H2,1H3,(H,17,20);1H/t13-;/m0./s1. The Hall–Kier alpha value is -1.50. The van der Waals surface area contributed by atoms with E-state index in [1.807, 2.05) is 42.8 Å². The van der Waals surface area contributed by atoms with Gasteiger partial charge < -0.3 is 11.1 Å². The van der Waals surface area contributed by atoms with Gasteiger partial charge >= 0.3 is 0 Å². The summed E-state index contributed by atoms with van der Waals surface area (Å²) in [7, 11) is 0. The molecule has 2 rings (SSSR count). The Kier molecular flexibility index (Phi) is 8.01. The predicted octanol–water partition coefficient (Wildman–Crippen LogP) is 1.99. The SMILES string of the molecule is CSCC[C@H](N)C(=O)NCc1ccccc1-n1cccn1.Cl. The van der Waals surface area contributed by atoms with Crippen LogP contribution in [0.25, 0.3) is 5.69 Å². The molecule has 0 fully saturated rings. The van der Waals surface area contributed by atoms with Crippen molar-refractivity contribution in [3.8, 4) is 5.69 Å². The lowest BCUT2D eigenvalue weighted by Crippen LogP contribution is -2.40. The van der Waals surface area contributed by atoms with E-state index in [1.165, 1.54) is 0 Å². The highest BCUT2D eigenvalue weighted by molar-refractivity contribution is 7.98. The summed E-state index contributed by atoms with van der Waals surface area (Å²) in [5, 5.41) is 7.12. The molecule has 22 heavy (non-hydrogen) atoms. The van der Waals surface area contributed by atoms with Gasteiger partial charge in [0.15, 0.2) is 0 Å². The second-order valence-electron chi connectivity index (χ2n) is 4.69. The molecule has 2 aromatic rings. The van der Waals surface area contributed by atoms with Gasteiger partial charge in [-0.3, -0.25) is 4.79 Å². The Morgan fingerprint density at radius 1 is 1.41 bits per heavy atom. The van der Waals surface area contributed by atoms with Crippen molar-refractivity contribution in [2.45, 2.75) is 19.0 Å². The van der Waals surface area contributed by atoms with E-state index in [-0.39, 0.29) is 18.3 Å². The van der Waals surface area contributed by atoms with Gasteiger partial charge in [-0.15, -0.1) is 12.4 Å². The molecule has 1 heterocycles. The van der Waals surface area contributed by atoms with Crippen LogP contribution >= 0.6 is 24.2 Å². The molecule has 5 nitrogen and oxygen atoms in total. The summed E-state index contributed by atoms with van der Waals surface area (Å²) in [6, 6.07) is 9.27. The molecule has 3 N–H and O–H groups in total. The third kappa shape index (κ3) is 5.05. The van der Waals surface area contributed by atoms with Crippen molar-refractivity contribution in [2.75, 3.05) is 12.0 Å². The zero-order chi connectivity index (χ0) is 15.1. The van der Waals surface area contributed by atoms with Gasteiger partial charge in [-0.05, 0) is 36.1 Å². The zero-order valence-electron chi connectivity index (χ0n) is 12.4. The smallest absolute Gasteiger partial charge is 0.237 e. The van der Waals surface area contributed by atoms with Crippen LogP contribution in [0.5, 0.6) is 0 Å². The molecule has 1 amide bonds. The number of halogens is 1. The number of carbonyl (C=O) groups is 1. The fourth-order valence-electron chi connectivity index (χ4n) is 1.98. The fourth-order valence-corrected chi connectivity index (χ4v) is 2.47. The fraction of sp³-hybridized carbons (Fsp3) is 0.333. The summed E-state index contributed by atoms with van der Waals surface area (Å²) >= 11 is 1.69. The third-order valence-corrected chi connectivity index (χ3v) is 3.81. The van der Waals surface area contributed by atoms with E-state index in [9.17, 15) is 4.79 Å². The van der Waals surface area contributed by atoms with Crippen molar-refractivity contribution in [3.05, 3.63) is 48.3 Å². The Labute approximate surface area is 141 Å². The summed E-state index contributed by atoms with van der Waals surface area (Å²) in [6.07, 6.45) is 6.30. The maximum Gasteiger partial charge on any atom is 0.237 e. The minimum Gasteiger partial charge on any atom is -0.351 e. The number of carbonyl (C=O) groups excluding carboxylic acids is 1. The first-order chi connectivity index (χ1) is 10.2. The highest BCUT2D eigenvalue weighted by Crippen LogP contribution is 2.13. The molecular weight excluding hydrogens is 320 g/mol. The van der Waals surface area contributed by atoms with E-state index < -0.39 is 6.04 Å². The lowest BCUT2D eigenvalue weighted by molar-refractivity contribution is -0.122. The van der Waals surface area contributed by atoms with Gasteiger partial charge in [0.2, 0.25) is 5.91 Å². The van der Waals surface area contributed by atoms with Crippen molar-refractivity contribution < 1.29 is 4.79 Å². The number of thioether (sulfide) groups is 1. The van der Waals surface area contributed by atoms with Crippen LogP contribution in [0, 0.1) is 0 Å². The van der Waals surface area contributed by atoms with Crippen molar-refractivity contribution in [1.82, 2.24) is 15.1 Å². The molecule has 0 bridgehead atoms. The average Bonchev–Trinajstić information content (AvgIpc) is 3.04. The lowest BCUT2D eigenvalue weighted by atomic mass is 10.1. The minimum atomic E-state index is -0.450. The third-order valence-electron chi connectivity index (χ3n) is 3.17. The summed E-state index contributed by atoms with van der Waals surface area (Å²) in [4.78, 5) is 12.0. The second-order valence-corrected chi connectivity index (χ2v) is 5.67. The highest BCUT2D eigenvalue weighted by Gasteiger charge is 2.13. The second kappa shape index (κ2) is 9.50. The van der Waals surface area contributed by atoms with E-state index in [0.29, 0.717) is 13.0 Å². The Balaban J connectivity index is 0.00000242. The highest BCUT2D eigenvalue weighted by atomic mass is 35.5. The predicted molar refractivity (Wildman–Crippen MR) is 93.6 cm³/mol. The number of amides is 1. The van der Waals surface area contributed by atoms with Crippen molar-refractivity contribution in [3.63, 3.8) is 0 Å². The number of aromatic nitrogens is 2. The maximum absolute atomic E-state index is 12.0. The quantitative estimate of drug-likeness (QED) is 0.808. The van der Waals surface area contributed by atoms with Gasteiger partial charge in [-0.2, -0.15) is 16.9 Å². The van der Waals surface area contributed by atoms with Crippen LogP contribution < -0.4 is 11.1 Å². The lowest BCUT2D eigenvalue weighted by Gasteiger charge is -2.14.